The molecule has 0 unspecified atom stereocenters. The molecule has 11 N–H and O–H groups in total. The lowest BCUT2D eigenvalue weighted by Crippen LogP contribution is -2.29. The number of hydrogen-bond acceptors (Lipinski definition) is 22. The van der Waals surface area contributed by atoms with Gasteiger partial charge in [0.25, 0.3) is 0 Å². The maximum absolute atomic E-state index is 13.4. The number of allylic oxidation sites excluding steroid dienone is 10. The molecule has 28 heteroatoms. The van der Waals surface area contributed by atoms with Crippen molar-refractivity contribution in [1.29, 1.82) is 0 Å². The summed E-state index contributed by atoms with van der Waals surface area (Å²) >= 11 is 0. The molecule has 0 spiro atoms. The molecule has 15 aromatic rings. The number of halogens is 1. The van der Waals surface area contributed by atoms with Gasteiger partial charge in [-0.15, -0.1) is 0 Å². The molecule has 0 fully saturated rings. The van der Waals surface area contributed by atoms with Crippen LogP contribution in [0.15, 0.2) is 279 Å². The molecule has 0 saturated heterocycles. The van der Waals surface area contributed by atoms with Gasteiger partial charge >= 0.3 is 0 Å². The van der Waals surface area contributed by atoms with Crippen LogP contribution in [0.5, 0.6) is 11.5 Å². The van der Waals surface area contributed by atoms with Crippen LogP contribution in [0.1, 0.15) is 138 Å². The number of carbonyl (C=O) groups is 10. The molecule has 0 bridgehead atoms. The van der Waals surface area contributed by atoms with E-state index in [0.717, 1.165) is 79.0 Å². The van der Waals surface area contributed by atoms with Gasteiger partial charge in [-0.2, -0.15) is 0 Å². The maximum atomic E-state index is 13.4. The third kappa shape index (κ3) is 17.9. The van der Waals surface area contributed by atoms with Gasteiger partial charge in [-0.3, -0.25) is 72.9 Å². The number of phenols is 1. The lowest BCUT2D eigenvalue weighted by Gasteiger charge is -2.15. The molecule has 5 aromatic carbocycles. The molecule has 27 nitrogen and oxygen atoms in total. The van der Waals surface area contributed by atoms with E-state index in [-0.39, 0.29) is 109 Å². The number of carbonyl (C=O) groups excluding carboxylic acids is 10. The zero-order chi connectivity index (χ0) is 86.8. The molecule has 620 valence electrons. The summed E-state index contributed by atoms with van der Waals surface area (Å²) in [6.07, 6.45) is 27.3. The Morgan fingerprint density at radius 1 is 0.320 bits per heavy atom. The third-order valence-electron chi connectivity index (χ3n) is 21.6. The highest BCUT2D eigenvalue weighted by molar-refractivity contribution is 6.26. The Hall–Kier alpha value is -16.5. The number of pyridine rings is 5. The van der Waals surface area contributed by atoms with E-state index in [9.17, 15) is 57.4 Å². The van der Waals surface area contributed by atoms with Gasteiger partial charge in [-0.05, 0) is 200 Å². The number of ether oxygens (including phenoxy) is 1. The minimum Gasteiger partial charge on any atom is -0.508 e. The summed E-state index contributed by atoms with van der Waals surface area (Å²) in [6, 6.07) is 46.3. The van der Waals surface area contributed by atoms with Gasteiger partial charge in [0.05, 0.1) is 63.4 Å². The van der Waals surface area contributed by atoms with Gasteiger partial charge < -0.3 is 61.3 Å². The minimum atomic E-state index is -0.292. The second-order valence-corrected chi connectivity index (χ2v) is 29.6. The SMILES string of the molecule is COc1ccc2[nH]cc(CCNC3=CC(=O)c4cccnc4C3=O)c2c1.Cc1ccc2[nH]cc(CCNC3=CC(=O)c4cccnc4C3=O)c2c1.O=C1C=C(NCCc2c[nH]c3ccc(F)cc23)C(=O)c2ncccc21.O=C1C=C(NCCc2c[nH]c3ccc(O)cc23)C(=O)c2ncccc21.O=C1C=C(NCCc2c[nH]c3ccccc23)C(=O)c2ncccc21. The van der Waals surface area contributed by atoms with E-state index < -0.39 is 0 Å². The zero-order valence-corrected chi connectivity index (χ0v) is 67.3. The first-order valence-electron chi connectivity index (χ1n) is 40.1. The highest BCUT2D eigenvalue weighted by Crippen LogP contribution is 2.30. The Balaban J connectivity index is 0.000000115. The maximum Gasteiger partial charge on any atom is 0.228 e. The van der Waals surface area contributed by atoms with E-state index in [1.807, 2.05) is 73.4 Å². The number of hydrogen-bond donors (Lipinski definition) is 11. The first-order valence-corrected chi connectivity index (χ1v) is 40.1. The number of aromatic amines is 5. The molecule has 0 atom stereocenters. The standard InChI is InChI=1S/C20H17N3O3.C20H17N3O2.C19H14FN3O2.C19H15N3O3.C19H15N3O2/c1-26-13-4-5-16-15(9-13)12(11-23-16)6-8-21-17-10-18(24)14-3-2-7-22-19(14)20(17)25;1-12-4-5-16-15(9-12)13(11-23-16)6-8-21-17-10-18(24)14-3-2-7-22-19(14)20(17)25;20-12-3-4-15-14(8-12)11(10-23-15)5-7-21-16-9-17(24)13-2-1-6-22-18(13)19(16)25;23-12-3-4-15-14(8-12)11(10-22-15)5-7-20-16-9-17(24)13-2-1-6-21-18(13)19(16)25;23-17-10-16(19(24)18-14(17)5-3-8-21-18)20-9-7-12-11-22-15-6-2-1-4-13(12)15/h2-5,7,9-11,21,23H,6,8H2,1H3;2-5,7,9-11,21,23H,6,8H2,1H3;1-4,6,8-10,21,23H,5,7H2;1-4,6,8-10,20,22-23H,5,7H2;1-6,8,10-11,20,22H,7,9H2. The van der Waals surface area contributed by atoms with E-state index >= 15 is 0 Å². The van der Waals surface area contributed by atoms with Gasteiger partial charge in [-0.25, -0.2) is 4.39 Å². The molecule has 125 heavy (non-hydrogen) atoms. The molecule has 5 aliphatic carbocycles. The van der Waals surface area contributed by atoms with Crippen LogP contribution < -0.4 is 31.3 Å². The highest BCUT2D eigenvalue weighted by Gasteiger charge is 2.32. The summed E-state index contributed by atoms with van der Waals surface area (Å²) in [5.74, 6) is -1.60. The zero-order valence-electron chi connectivity index (χ0n) is 67.3. The average Bonchev–Trinajstić information content (AvgIpc) is 1.38. The molecule has 20 rings (SSSR count). The van der Waals surface area contributed by atoms with Gasteiger partial charge in [0, 0.05) is 180 Å². The van der Waals surface area contributed by atoms with Crippen molar-refractivity contribution >= 4 is 112 Å². The van der Waals surface area contributed by atoms with Gasteiger partial charge in [0.15, 0.2) is 28.9 Å². The van der Waals surface area contributed by atoms with Crippen LogP contribution in [0, 0.1) is 12.7 Å². The van der Waals surface area contributed by atoms with Crippen molar-refractivity contribution < 1.29 is 62.2 Å². The van der Waals surface area contributed by atoms with Crippen LogP contribution in [0.25, 0.3) is 54.5 Å². The molecule has 5 aliphatic rings. The van der Waals surface area contributed by atoms with Crippen LogP contribution in [-0.2, 0) is 32.1 Å². The first kappa shape index (κ1) is 82.2. The lowest BCUT2D eigenvalue weighted by molar-refractivity contribution is 0.0974. The van der Waals surface area contributed by atoms with Crippen molar-refractivity contribution in [3.8, 4) is 11.5 Å². The predicted octanol–water partition coefficient (Wildman–Crippen LogP) is 13.5. The number of ketones is 10. The number of benzene rings is 5. The fraction of sp³-hybridized carbons (Fsp3) is 0.124. The van der Waals surface area contributed by atoms with E-state index in [0.29, 0.717) is 96.9 Å². The number of aromatic hydroxyl groups is 1. The number of fused-ring (bicyclic) bond motifs is 10. The van der Waals surface area contributed by atoms with Gasteiger partial charge in [0.1, 0.15) is 45.8 Å². The van der Waals surface area contributed by atoms with Crippen LogP contribution in [0.2, 0.25) is 0 Å². The van der Waals surface area contributed by atoms with Crippen molar-refractivity contribution in [3.63, 3.8) is 0 Å². The van der Waals surface area contributed by atoms with E-state index in [4.69, 9.17) is 4.74 Å². The first-order chi connectivity index (χ1) is 60.8. The van der Waals surface area contributed by atoms with Crippen LogP contribution in [0.4, 0.5) is 4.39 Å². The number of rotatable bonds is 21. The fourth-order valence-electron chi connectivity index (χ4n) is 15.3. The number of phenolic OH excluding ortho intramolecular Hbond substituents is 1. The second-order valence-electron chi connectivity index (χ2n) is 29.6. The largest absolute Gasteiger partial charge is 0.508 e. The number of aryl methyl sites for hydroxylation is 1. The smallest absolute Gasteiger partial charge is 0.228 e. The molecule has 0 saturated carbocycles. The normalized spacial score (nSPS) is 13.7. The average molecular weight is 1660 g/mol. The molecular weight excluding hydrogens is 1590 g/mol. The summed E-state index contributed by atoms with van der Waals surface area (Å²) < 4.78 is 18.7. The summed E-state index contributed by atoms with van der Waals surface area (Å²) in [6.45, 7) is 4.64. The number of nitrogens with zero attached hydrogens (tertiary/aromatic N) is 5. The quantitative estimate of drug-likeness (QED) is 0.0318. The van der Waals surface area contributed by atoms with Gasteiger partial charge in [0.2, 0.25) is 28.9 Å². The van der Waals surface area contributed by atoms with Crippen molar-refractivity contribution in [3.05, 3.63) is 374 Å². The number of H-pyrrole nitrogens is 5. The van der Waals surface area contributed by atoms with E-state index in [1.165, 1.54) is 101 Å². The summed E-state index contributed by atoms with van der Waals surface area (Å²) in [5, 5.41) is 30.1. The summed E-state index contributed by atoms with van der Waals surface area (Å²) in [4.78, 5) is 159. The number of para-hydroxylation sites is 1. The summed E-state index contributed by atoms with van der Waals surface area (Å²) in [7, 11) is 1.64. The number of nitrogens with one attached hydrogen (secondary N) is 10. The van der Waals surface area contributed by atoms with Crippen molar-refractivity contribution in [2.45, 2.75) is 39.0 Å². The van der Waals surface area contributed by atoms with Crippen molar-refractivity contribution in [1.82, 2.24) is 76.4 Å². The van der Waals surface area contributed by atoms with Crippen LogP contribution >= 0.6 is 0 Å². The summed E-state index contributed by atoms with van der Waals surface area (Å²) in [5.41, 5.74) is 15.8. The molecule has 10 aromatic heterocycles. The van der Waals surface area contributed by atoms with Crippen molar-refractivity contribution in [2.75, 3.05) is 39.8 Å². The lowest BCUT2D eigenvalue weighted by atomic mass is 9.97. The molecule has 0 aliphatic heterocycles. The Morgan fingerprint density at radius 2 is 0.608 bits per heavy atom. The Labute approximate surface area is 711 Å². The molecular formula is C97H78FN15O12. The van der Waals surface area contributed by atoms with Crippen molar-refractivity contribution in [2.24, 2.45) is 0 Å². The van der Waals surface area contributed by atoms with E-state index in [1.54, 1.807) is 86.0 Å². The Kier molecular flexibility index (Phi) is 24.1. The molecule has 0 radical (unpaired) electrons. The van der Waals surface area contributed by atoms with Crippen LogP contribution in [0.3, 0.4) is 0 Å². The number of aromatic nitrogens is 10. The topological polar surface area (TPSA) is 404 Å². The predicted molar refractivity (Wildman–Crippen MR) is 468 cm³/mol. The van der Waals surface area contributed by atoms with Crippen LogP contribution in [-0.4, -0.2) is 153 Å². The van der Waals surface area contributed by atoms with E-state index in [2.05, 4.69) is 108 Å². The molecule has 10 heterocycles. The second kappa shape index (κ2) is 36.6. The Bertz CT molecular complexity index is 6670. The minimum absolute atomic E-state index is 0.173. The Morgan fingerprint density at radius 3 is 0.960 bits per heavy atom. The third-order valence-corrected chi connectivity index (χ3v) is 21.6. The number of Topliss-reactive ketones (excluding diaryl/α,β-unsaturated/α-hetero) is 5. The van der Waals surface area contributed by atoms with Gasteiger partial charge in [-0.1, -0.05) is 29.8 Å². The highest BCUT2D eigenvalue weighted by atomic mass is 19.1. The molecule has 0 amide bonds. The monoisotopic (exact) mass is 1660 g/mol. The fourth-order valence-corrected chi connectivity index (χ4v) is 15.3. The number of methoxy groups -OCH3 is 1.